The fraction of sp³-hybridized carbons (Fsp3) is 0.339. The molecule has 1 aliphatic heterocycles. The fourth-order valence-corrected chi connectivity index (χ4v) is 14.7. The van der Waals surface area contributed by atoms with Crippen molar-refractivity contribution in [2.24, 2.45) is 0 Å². The zero-order valence-electron chi connectivity index (χ0n) is 84.4. The fourth-order valence-electron chi connectivity index (χ4n) is 14.6. The van der Waals surface area contributed by atoms with E-state index in [9.17, 15) is 47.9 Å². The highest BCUT2D eigenvalue weighted by Gasteiger charge is 2.36. The summed E-state index contributed by atoms with van der Waals surface area (Å²) in [6.07, 6.45) is 6.92. The number of amides is 10. The lowest BCUT2D eigenvalue weighted by Gasteiger charge is -2.36. The maximum absolute atomic E-state index is 13.3. The van der Waals surface area contributed by atoms with Gasteiger partial charge in [-0.2, -0.15) is 0 Å². The highest BCUT2D eigenvalue weighted by atomic mass is 35.5. The number of hydrogen-bond acceptors (Lipinski definition) is 13. The molecule has 720 valence electrons. The number of hydrazine groups is 5. The SMILES string of the molecule is CC(C)(C)N(NC(=O)c1ccc(Cl)cc1)C(=O)c1ccccc1.CCc1ccc(C(=O)NN(C(=O)c2cc(C)cc(C)c2)C(C)(C)C)cc1.CCc1ccc(C(=O)NN(C(=O)c2cc(C)cc(C)c2)C(C)(C)C)cc1.COc1cccc(C(=O)NN(C(=O)c2cc(C)cc(C)c2)C(C)(C)C)c1C.Cc1cc(C)cc(C(=O)N(NC(=O)c2ccc3c(c2C)CCCO3)C(C)(C)C)c1.c1ccoc1. The Morgan fingerprint density at radius 2 is 0.618 bits per heavy atom. The van der Waals surface area contributed by atoms with Gasteiger partial charge in [-0.15, -0.1) is 0 Å². The molecule has 10 aromatic carbocycles. The van der Waals surface area contributed by atoms with Gasteiger partial charge in [-0.3, -0.25) is 75.1 Å². The summed E-state index contributed by atoms with van der Waals surface area (Å²) >= 11 is 5.83. The van der Waals surface area contributed by atoms with Gasteiger partial charge >= 0.3 is 0 Å². The summed E-state index contributed by atoms with van der Waals surface area (Å²) in [5.74, 6) is -1.27. The Morgan fingerprint density at radius 1 is 0.324 bits per heavy atom. The van der Waals surface area contributed by atoms with Gasteiger partial charge in [-0.05, 0) is 367 Å². The van der Waals surface area contributed by atoms with E-state index in [-0.39, 0.29) is 59.1 Å². The normalized spacial score (nSPS) is 11.4. The van der Waals surface area contributed by atoms with Crippen LogP contribution < -0.4 is 36.6 Å². The molecule has 0 bridgehead atoms. The molecule has 0 saturated heterocycles. The third-order valence-corrected chi connectivity index (χ3v) is 21.7. The monoisotopic (exact) mass is 1870 g/mol. The number of nitrogens with one attached hydrogen (secondary N) is 5. The molecule has 0 aliphatic carbocycles. The van der Waals surface area contributed by atoms with E-state index in [4.69, 9.17) is 21.1 Å². The second-order valence-electron chi connectivity index (χ2n) is 38.8. The van der Waals surface area contributed by atoms with E-state index in [1.165, 1.54) is 36.2 Å². The van der Waals surface area contributed by atoms with Crippen LogP contribution in [0.4, 0.5) is 0 Å². The van der Waals surface area contributed by atoms with Crippen LogP contribution in [0.3, 0.4) is 0 Å². The van der Waals surface area contributed by atoms with Crippen molar-refractivity contribution in [1.29, 1.82) is 0 Å². The molecule has 10 amide bonds. The molecule has 0 unspecified atom stereocenters. The summed E-state index contributed by atoms with van der Waals surface area (Å²) in [6, 6.07) is 65.6. The summed E-state index contributed by atoms with van der Waals surface area (Å²) in [7, 11) is 1.56. The molecule has 1 aliphatic rings. The van der Waals surface area contributed by atoms with Gasteiger partial charge in [0.05, 0.1) is 53.9 Å². The van der Waals surface area contributed by atoms with Gasteiger partial charge in [0, 0.05) is 66.2 Å². The first kappa shape index (κ1) is 109. The van der Waals surface area contributed by atoms with Crippen molar-refractivity contribution in [2.45, 2.75) is 240 Å². The van der Waals surface area contributed by atoms with E-state index in [1.807, 2.05) is 294 Å². The number of halogens is 1. The summed E-state index contributed by atoms with van der Waals surface area (Å²) in [5, 5.41) is 7.55. The van der Waals surface area contributed by atoms with Gasteiger partial charge in [0.1, 0.15) is 11.5 Å². The van der Waals surface area contributed by atoms with Gasteiger partial charge in [0.2, 0.25) is 0 Å². The lowest BCUT2D eigenvalue weighted by Crippen LogP contribution is -2.56. The van der Waals surface area contributed by atoms with E-state index >= 15 is 0 Å². The van der Waals surface area contributed by atoms with Crippen molar-refractivity contribution in [3.05, 3.63) is 364 Å². The first-order valence-electron chi connectivity index (χ1n) is 45.6. The Balaban J connectivity index is 0.000000229. The van der Waals surface area contributed by atoms with E-state index in [0.717, 1.165) is 92.6 Å². The molecule has 0 atom stereocenters. The Morgan fingerprint density at radius 3 is 0.904 bits per heavy atom. The third-order valence-electron chi connectivity index (χ3n) is 21.5. The van der Waals surface area contributed by atoms with E-state index in [2.05, 4.69) is 45.4 Å². The maximum Gasteiger partial charge on any atom is 0.272 e. The molecule has 0 spiro atoms. The number of carbonyl (C=O) groups excluding carboxylic acids is 10. The molecule has 0 radical (unpaired) electrons. The average Bonchev–Trinajstić information content (AvgIpc) is 0.832. The van der Waals surface area contributed by atoms with Crippen LogP contribution in [0.25, 0.3) is 0 Å². The summed E-state index contributed by atoms with van der Waals surface area (Å²) in [4.78, 5) is 129. The lowest BCUT2D eigenvalue weighted by atomic mass is 9.96. The molecule has 0 fully saturated rings. The number of aryl methyl sites for hydroxylation is 10. The summed E-state index contributed by atoms with van der Waals surface area (Å²) in [6.45, 7) is 52.6. The number of hydrogen-bond donors (Lipinski definition) is 5. The molecular formula is C112H137ClN10O13. The van der Waals surface area contributed by atoms with E-state index < -0.39 is 27.7 Å². The number of methoxy groups -OCH3 is 1. The number of fused-ring (bicyclic) bond motifs is 1. The molecule has 11 aromatic rings. The van der Waals surface area contributed by atoms with Crippen molar-refractivity contribution in [3.8, 4) is 11.5 Å². The molecule has 136 heavy (non-hydrogen) atoms. The van der Waals surface area contributed by atoms with Gasteiger partial charge in [0.15, 0.2) is 0 Å². The van der Waals surface area contributed by atoms with Crippen molar-refractivity contribution in [1.82, 2.24) is 52.2 Å². The average molecular weight is 1870 g/mol. The minimum absolute atomic E-state index is 0.220. The molecule has 2 heterocycles. The predicted octanol–water partition coefficient (Wildman–Crippen LogP) is 22.8. The molecule has 12 rings (SSSR count). The Kier molecular flexibility index (Phi) is 38.8. The van der Waals surface area contributed by atoms with Crippen LogP contribution in [0, 0.1) is 69.2 Å². The number of furan rings is 1. The zero-order valence-corrected chi connectivity index (χ0v) is 85.2. The van der Waals surface area contributed by atoms with Gasteiger partial charge in [-0.25, -0.2) is 25.0 Å². The minimum atomic E-state index is -0.600. The number of carbonyl (C=O) groups is 10. The number of benzene rings is 10. The minimum Gasteiger partial charge on any atom is -0.496 e. The van der Waals surface area contributed by atoms with Gasteiger partial charge in [0.25, 0.3) is 59.1 Å². The molecule has 5 N–H and O–H groups in total. The zero-order chi connectivity index (χ0) is 101. The molecule has 1 aromatic heterocycles. The van der Waals surface area contributed by atoms with Crippen LogP contribution in [0.1, 0.15) is 300 Å². The van der Waals surface area contributed by atoms with E-state index in [0.29, 0.717) is 73.0 Å². The largest absolute Gasteiger partial charge is 0.496 e. The number of nitrogens with zero attached hydrogens (tertiary/aromatic N) is 5. The van der Waals surface area contributed by atoms with Crippen molar-refractivity contribution < 1.29 is 61.8 Å². The van der Waals surface area contributed by atoms with Crippen LogP contribution in [-0.2, 0) is 19.3 Å². The smallest absolute Gasteiger partial charge is 0.272 e. The van der Waals surface area contributed by atoms with Crippen LogP contribution in [0.15, 0.2) is 235 Å². The summed E-state index contributed by atoms with van der Waals surface area (Å²) in [5.41, 5.74) is 29.5. The van der Waals surface area contributed by atoms with Crippen molar-refractivity contribution >= 4 is 70.7 Å². The van der Waals surface area contributed by atoms with Gasteiger partial charge < -0.3 is 13.9 Å². The van der Waals surface area contributed by atoms with Gasteiger partial charge in [-0.1, -0.05) is 143 Å². The molecule has 23 nitrogen and oxygen atoms in total. The predicted molar refractivity (Wildman–Crippen MR) is 542 cm³/mol. The van der Waals surface area contributed by atoms with Crippen LogP contribution >= 0.6 is 11.6 Å². The van der Waals surface area contributed by atoms with Crippen molar-refractivity contribution in [2.75, 3.05) is 13.7 Å². The van der Waals surface area contributed by atoms with E-state index in [1.54, 1.807) is 117 Å². The quantitative estimate of drug-likeness (QED) is 0.0672. The van der Waals surface area contributed by atoms with Crippen molar-refractivity contribution in [3.63, 3.8) is 0 Å². The second-order valence-corrected chi connectivity index (χ2v) is 39.3. The van der Waals surface area contributed by atoms with Crippen LogP contribution in [0.5, 0.6) is 11.5 Å². The Labute approximate surface area is 809 Å². The second kappa shape index (κ2) is 48.3. The highest BCUT2D eigenvalue weighted by molar-refractivity contribution is 6.30. The number of rotatable bonds is 13. The standard InChI is InChI=1S/C24H30N2O3.C22H28N2O3.2C22H28N2O2.C18H19ClN2O2.C4H4O/c1-15-12-16(2)14-18(13-15)23(28)26(24(4,5)6)25-22(27)20-9-10-21-19(17(20)3)8-7-11-29-21;1-14-11-15(2)13-17(12-14)21(26)24(22(4,5)6)23-20(25)18-9-8-10-19(27-7)16(18)3;2*1-7-17-8-10-18(11-9-17)20(25)23-24(22(4,5)6)21(26)19-13-15(2)12-16(3)14-19;1-18(2,3)21(17(23)14-7-5-4-6-8-14)20-16(22)13-9-11-15(19)12-10-13;1-2-4-5-3-1/h9-10,12-14H,7-8,11H2,1-6H3,(H,25,27);8-13H,1-7H3,(H,23,25);2*8-14H,7H2,1-6H3,(H,23,25);4-12H,1-3H3,(H,20,22);1-4H. The maximum atomic E-state index is 13.3. The van der Waals surface area contributed by atoms with Crippen LogP contribution in [0.2, 0.25) is 5.02 Å². The first-order valence-corrected chi connectivity index (χ1v) is 46.0. The van der Waals surface area contributed by atoms with Crippen LogP contribution in [-0.4, -0.2) is 126 Å². The lowest BCUT2D eigenvalue weighted by molar-refractivity contribution is 0.0356. The highest BCUT2D eigenvalue weighted by Crippen LogP contribution is 2.32. The number of ether oxygens (including phenoxy) is 2. The summed E-state index contributed by atoms with van der Waals surface area (Å²) < 4.78 is 15.6. The Bertz CT molecular complexity index is 5760. The topological polar surface area (TPSA) is 279 Å². The molecule has 0 saturated carbocycles. The first-order chi connectivity index (χ1) is 63.6. The Hall–Kier alpha value is -13.9. The third kappa shape index (κ3) is 31.9. The molecular weight excluding hydrogens is 1730 g/mol. The molecule has 24 heteroatoms.